The second-order valence-corrected chi connectivity index (χ2v) is 1.19. The van der Waals surface area contributed by atoms with Crippen molar-refractivity contribution in [2.75, 3.05) is 0 Å². The van der Waals surface area contributed by atoms with Gasteiger partial charge in [-0.15, -0.1) is 0 Å². The summed E-state index contributed by atoms with van der Waals surface area (Å²) in [5.74, 6) is 0. The number of nitrogens with zero attached hydrogens (tertiary/aromatic N) is 3. The number of hydrogen-bond acceptors (Lipinski definition) is 3. The van der Waals surface area contributed by atoms with Crippen LogP contribution in [0.5, 0.6) is 0 Å². The molecule has 3 nitrogen and oxygen atoms in total. The van der Waals surface area contributed by atoms with E-state index in [0.717, 1.165) is 0 Å². The summed E-state index contributed by atoms with van der Waals surface area (Å²) in [7, 11) is 0. The Bertz CT molecular complexity index is 237. The molecule has 0 aliphatic carbocycles. The normalized spacial score (nSPS) is 6.00. The first-order valence-corrected chi connectivity index (χ1v) is 2.02. The van der Waals surface area contributed by atoms with Gasteiger partial charge in [0.25, 0.3) is 0 Å². The minimum absolute atomic E-state index is 0.0833. The molecule has 0 heterocycles. The molecule has 0 aliphatic rings. The largest absolute Gasteiger partial charge is 0.193 e. The Morgan fingerprint density at radius 1 is 1.00 bits per heavy atom. The lowest BCUT2D eigenvalue weighted by molar-refractivity contribution is 1.42. The second-order valence-electron chi connectivity index (χ2n) is 1.19. The van der Waals surface area contributed by atoms with Crippen molar-refractivity contribution in [3.05, 3.63) is 18.1 Å². The molecule has 0 saturated carbocycles. The Morgan fingerprint density at radius 3 is 1.56 bits per heavy atom. The van der Waals surface area contributed by atoms with Crippen LogP contribution in [0, 0.1) is 40.9 Å². The molecule has 0 bridgehead atoms. The maximum atomic E-state index is 8.11. The first kappa shape index (κ1) is 7.21. The zero-order valence-electron chi connectivity index (χ0n) is 4.55. The lowest BCUT2D eigenvalue weighted by Gasteiger charge is -1.78. The summed E-state index contributed by atoms with van der Waals surface area (Å²) < 4.78 is 0. The molecule has 0 rings (SSSR count). The zero-order valence-corrected chi connectivity index (χ0v) is 4.55. The van der Waals surface area contributed by atoms with Crippen molar-refractivity contribution in [2.45, 2.75) is 0 Å². The minimum Gasteiger partial charge on any atom is -0.193 e. The molecule has 0 aromatic heterocycles. The van der Waals surface area contributed by atoms with E-state index in [4.69, 9.17) is 15.8 Å². The summed E-state index contributed by atoms with van der Waals surface area (Å²) in [6.07, 6.45) is 0. The van der Waals surface area contributed by atoms with E-state index in [1.165, 1.54) is 12.1 Å². The number of hydrogen-bond donors (Lipinski definition) is 0. The van der Waals surface area contributed by atoms with Crippen LogP contribution in [0.4, 0.5) is 0 Å². The van der Waals surface area contributed by atoms with Crippen LogP contribution < -0.4 is 0 Å². The number of allylic oxidation sites excluding steroid dienone is 2. The fourth-order valence-corrected chi connectivity index (χ4v) is 0.216. The Balaban J connectivity index is 4.78. The molecule has 9 heavy (non-hydrogen) atoms. The van der Waals surface area contributed by atoms with E-state index >= 15 is 0 Å². The predicted octanol–water partition coefficient (Wildman–Crippen LogP) is 0.688. The molecule has 0 fully saturated rings. The third-order valence-corrected chi connectivity index (χ3v) is 0.660. The first-order valence-electron chi connectivity index (χ1n) is 2.02. The van der Waals surface area contributed by atoms with Gasteiger partial charge in [0.05, 0.1) is 11.6 Å². The van der Waals surface area contributed by atoms with Crippen molar-refractivity contribution < 1.29 is 0 Å². The van der Waals surface area contributed by atoms with Gasteiger partial charge in [-0.2, -0.15) is 15.8 Å². The highest BCUT2D eigenvalue weighted by Crippen LogP contribution is 1.97. The van der Waals surface area contributed by atoms with Crippen LogP contribution in [0.1, 0.15) is 0 Å². The molecular formula is C6H2N3. The molecule has 0 saturated heterocycles. The Kier molecular flexibility index (Phi) is 2.60. The van der Waals surface area contributed by atoms with Gasteiger partial charge in [0.2, 0.25) is 0 Å². The average molecular weight is 116 g/mol. The van der Waals surface area contributed by atoms with Crippen molar-refractivity contribution in [3.63, 3.8) is 0 Å². The van der Waals surface area contributed by atoms with Gasteiger partial charge < -0.3 is 0 Å². The quantitative estimate of drug-likeness (QED) is 0.437. The number of rotatable bonds is 0. The molecule has 1 radical (unpaired) electrons. The monoisotopic (exact) mass is 116 g/mol. The van der Waals surface area contributed by atoms with Crippen molar-refractivity contribution >= 4 is 0 Å². The van der Waals surface area contributed by atoms with Crippen LogP contribution in [0.3, 0.4) is 0 Å². The lowest BCUT2D eigenvalue weighted by atomic mass is 10.2. The summed E-state index contributed by atoms with van der Waals surface area (Å²) in [6, 6.07) is 4.66. The molecule has 0 aliphatic heterocycles. The summed E-state index contributed by atoms with van der Waals surface area (Å²) in [5, 5.41) is 24.3. The molecule has 0 unspecified atom stereocenters. The van der Waals surface area contributed by atoms with Gasteiger partial charge >= 0.3 is 0 Å². The molecule has 0 spiro atoms. The Morgan fingerprint density at radius 2 is 1.44 bits per heavy atom. The maximum Gasteiger partial charge on any atom is 0.143 e. The van der Waals surface area contributed by atoms with E-state index in [1.54, 1.807) is 6.07 Å². The summed E-state index contributed by atoms with van der Waals surface area (Å²) in [4.78, 5) is 0. The van der Waals surface area contributed by atoms with E-state index in [0.29, 0.717) is 0 Å². The van der Waals surface area contributed by atoms with Crippen LogP contribution >= 0.6 is 0 Å². The van der Waals surface area contributed by atoms with Crippen LogP contribution in [-0.2, 0) is 0 Å². The van der Waals surface area contributed by atoms with Crippen LogP contribution in [0.2, 0.25) is 0 Å². The Labute approximate surface area is 53.1 Å². The van der Waals surface area contributed by atoms with Gasteiger partial charge in [-0.25, -0.2) is 0 Å². The van der Waals surface area contributed by atoms with Crippen molar-refractivity contribution in [1.82, 2.24) is 0 Å². The van der Waals surface area contributed by atoms with Crippen LogP contribution in [0.25, 0.3) is 0 Å². The van der Waals surface area contributed by atoms with Gasteiger partial charge in [0.1, 0.15) is 17.7 Å². The average Bonchev–Trinajstić information content (AvgIpc) is 1.90. The highest BCUT2D eigenvalue weighted by Gasteiger charge is 1.96. The molecule has 0 N–H and O–H groups in total. The molecule has 0 aromatic carbocycles. The topological polar surface area (TPSA) is 71.4 Å². The molecule has 0 atom stereocenters. The lowest BCUT2D eigenvalue weighted by Crippen LogP contribution is -1.77. The van der Waals surface area contributed by atoms with Gasteiger partial charge in [-0.05, 0) is 6.92 Å². The third-order valence-electron chi connectivity index (χ3n) is 0.660. The summed E-state index contributed by atoms with van der Waals surface area (Å²) in [6.45, 7) is 3.17. The van der Waals surface area contributed by atoms with Crippen molar-refractivity contribution in [2.24, 2.45) is 0 Å². The molecule has 3 heteroatoms. The maximum absolute atomic E-state index is 8.11. The van der Waals surface area contributed by atoms with E-state index in [9.17, 15) is 0 Å². The first-order chi connectivity index (χ1) is 4.26. The fraction of sp³-hybridized carbons (Fsp3) is 0. The minimum atomic E-state index is -0.225. The fourth-order valence-electron chi connectivity index (χ4n) is 0.216. The smallest absolute Gasteiger partial charge is 0.143 e. The SMILES string of the molecule is [CH2]C(C#N)=C(C#N)C#N. The van der Waals surface area contributed by atoms with Crippen molar-refractivity contribution in [3.8, 4) is 18.2 Å². The molecule has 0 amide bonds. The van der Waals surface area contributed by atoms with Gasteiger partial charge in [-0.3, -0.25) is 0 Å². The van der Waals surface area contributed by atoms with Gasteiger partial charge in [0, 0.05) is 0 Å². The van der Waals surface area contributed by atoms with E-state index in [-0.39, 0.29) is 11.1 Å². The third kappa shape index (κ3) is 1.63. The van der Waals surface area contributed by atoms with Crippen molar-refractivity contribution in [1.29, 1.82) is 15.8 Å². The van der Waals surface area contributed by atoms with Gasteiger partial charge in [0.15, 0.2) is 0 Å². The summed E-state index contributed by atoms with van der Waals surface area (Å²) in [5.41, 5.74) is -0.308. The Hall–Kier alpha value is -1.79. The molecule has 41 valence electrons. The molecular weight excluding hydrogens is 114 g/mol. The zero-order chi connectivity index (χ0) is 7.28. The highest BCUT2D eigenvalue weighted by atomic mass is 14.3. The predicted molar refractivity (Wildman–Crippen MR) is 29.2 cm³/mol. The summed E-state index contributed by atoms with van der Waals surface area (Å²) >= 11 is 0. The second kappa shape index (κ2) is 3.24. The standard InChI is InChI=1S/C6H2N3/c1-5(2-7)6(3-8)4-9/h1H2. The highest BCUT2D eigenvalue weighted by molar-refractivity contribution is 5.47. The van der Waals surface area contributed by atoms with Gasteiger partial charge in [-0.1, -0.05) is 0 Å². The van der Waals surface area contributed by atoms with Crippen LogP contribution in [-0.4, -0.2) is 0 Å². The van der Waals surface area contributed by atoms with E-state index in [1.807, 2.05) is 0 Å². The number of nitriles is 3. The van der Waals surface area contributed by atoms with E-state index in [2.05, 4.69) is 6.92 Å². The molecule has 0 aromatic rings. The van der Waals surface area contributed by atoms with Crippen LogP contribution in [0.15, 0.2) is 11.1 Å². The van der Waals surface area contributed by atoms with E-state index < -0.39 is 0 Å².